The van der Waals surface area contributed by atoms with Gasteiger partial charge < -0.3 is 5.11 Å². The van der Waals surface area contributed by atoms with Crippen molar-refractivity contribution >= 4 is 23.1 Å². The van der Waals surface area contributed by atoms with Gasteiger partial charge in [-0.2, -0.15) is 0 Å². The van der Waals surface area contributed by atoms with Gasteiger partial charge in [0.05, 0.1) is 0 Å². The molecule has 33 heavy (non-hydrogen) atoms. The molecule has 1 aliphatic carbocycles. The highest BCUT2D eigenvalue weighted by atomic mass is 19.1. The second-order valence-corrected chi connectivity index (χ2v) is 8.15. The number of carbonyl (C=O) groups is 1. The van der Waals surface area contributed by atoms with Crippen molar-refractivity contribution in [2.45, 2.75) is 25.2 Å². The van der Waals surface area contributed by atoms with E-state index in [1.165, 1.54) is 12.1 Å². The molecule has 0 bridgehead atoms. The van der Waals surface area contributed by atoms with Crippen LogP contribution in [0.15, 0.2) is 96.0 Å². The first-order valence-corrected chi connectivity index (χ1v) is 10.9. The monoisotopic (exact) mass is 439 g/mol. The summed E-state index contributed by atoms with van der Waals surface area (Å²) >= 11 is 0. The van der Waals surface area contributed by atoms with Crippen molar-refractivity contribution < 1.29 is 14.3 Å². The van der Waals surface area contributed by atoms with Crippen LogP contribution >= 0.6 is 0 Å². The molecule has 3 aromatic rings. The van der Waals surface area contributed by atoms with Gasteiger partial charge >= 0.3 is 0 Å². The van der Waals surface area contributed by atoms with Crippen molar-refractivity contribution in [3.8, 4) is 0 Å². The number of nitrogens with one attached hydrogen (secondary N) is 1. The minimum Gasteiger partial charge on any atom is -0.507 e. The third-order valence-corrected chi connectivity index (χ3v) is 6.16. The van der Waals surface area contributed by atoms with Crippen molar-refractivity contribution in [2.75, 3.05) is 4.90 Å². The summed E-state index contributed by atoms with van der Waals surface area (Å²) in [6.07, 6.45) is 5.01. The minimum atomic E-state index is -0.620. The molecule has 1 aromatic heterocycles. The number of Topliss-reactive ketones (excluding diaryl/α,β-unsaturated/α-hetero) is 1. The lowest BCUT2D eigenvalue weighted by molar-refractivity contribution is -0.116. The van der Waals surface area contributed by atoms with E-state index in [0.29, 0.717) is 41.7 Å². The number of halogens is 1. The third-order valence-electron chi connectivity index (χ3n) is 6.16. The van der Waals surface area contributed by atoms with E-state index in [2.05, 4.69) is 4.98 Å². The molecule has 1 atom stereocenters. The van der Waals surface area contributed by atoms with Crippen LogP contribution in [0.5, 0.6) is 0 Å². The Morgan fingerprint density at radius 2 is 1.79 bits per heavy atom. The largest absolute Gasteiger partial charge is 0.507 e. The number of aliphatic hydroxyl groups excluding tert-OH is 1. The van der Waals surface area contributed by atoms with Crippen LogP contribution < -0.4 is 4.90 Å². The minimum absolute atomic E-state index is 0.0110. The van der Waals surface area contributed by atoms with Gasteiger partial charge in [0, 0.05) is 52.8 Å². The van der Waals surface area contributed by atoms with Gasteiger partial charge in [0.2, 0.25) is 0 Å². The van der Waals surface area contributed by atoms with Crippen molar-refractivity contribution in [1.82, 2.24) is 4.98 Å². The van der Waals surface area contributed by atoms with Crippen LogP contribution in [0.2, 0.25) is 0 Å². The zero-order chi connectivity index (χ0) is 22.9. The maximum absolute atomic E-state index is 13.7. The van der Waals surface area contributed by atoms with E-state index in [-0.39, 0.29) is 23.2 Å². The molecule has 0 unspecified atom stereocenters. The summed E-state index contributed by atoms with van der Waals surface area (Å²) in [7, 11) is 0. The number of carbonyl (C=O) groups excluding carboxylic acids is 1. The van der Waals surface area contributed by atoms with E-state index in [1.54, 1.807) is 47.6 Å². The fourth-order valence-corrected chi connectivity index (χ4v) is 4.70. The van der Waals surface area contributed by atoms with Gasteiger partial charge in [-0.25, -0.2) is 4.39 Å². The first kappa shape index (κ1) is 20.8. The second-order valence-electron chi connectivity index (χ2n) is 8.15. The fraction of sp³-hybridized carbons (Fsp3) is 0.148. The van der Waals surface area contributed by atoms with E-state index in [9.17, 15) is 19.7 Å². The number of aromatic nitrogens is 1. The Labute approximate surface area is 191 Å². The van der Waals surface area contributed by atoms with Crippen molar-refractivity contribution in [1.29, 1.82) is 5.41 Å². The van der Waals surface area contributed by atoms with E-state index in [1.807, 2.05) is 24.3 Å². The quantitative estimate of drug-likeness (QED) is 0.507. The third kappa shape index (κ3) is 3.63. The molecule has 5 rings (SSSR count). The lowest BCUT2D eigenvalue weighted by Gasteiger charge is -2.41. The first-order valence-electron chi connectivity index (χ1n) is 10.9. The van der Waals surface area contributed by atoms with Gasteiger partial charge in [-0.15, -0.1) is 0 Å². The zero-order valence-electron chi connectivity index (χ0n) is 17.8. The lowest BCUT2D eigenvalue weighted by atomic mass is 9.74. The normalized spacial score (nSPS) is 20.0. The summed E-state index contributed by atoms with van der Waals surface area (Å²) in [4.78, 5) is 19.2. The molecule has 0 saturated carbocycles. The Balaban J connectivity index is 1.82. The second kappa shape index (κ2) is 8.47. The number of hydrogen-bond acceptors (Lipinski definition) is 4. The standard InChI is InChI=1S/C27H22FN3O2/c28-19-11-13-20(14-12-19)31-21-9-4-10-22(32)24(21)23(18-8-5-15-30-16-18)25(27(31)29)26(33)17-6-2-1-3-7-17/h1-3,5-8,11-16,23,29,33H,4,9-10H2/b26-25+,29-27?/t23-/m1/s1. The van der Waals surface area contributed by atoms with E-state index in [0.717, 1.165) is 11.3 Å². The highest BCUT2D eigenvalue weighted by molar-refractivity contribution is 6.19. The number of benzene rings is 2. The molecule has 0 amide bonds. The number of rotatable bonds is 3. The zero-order valence-corrected chi connectivity index (χ0v) is 17.8. The van der Waals surface area contributed by atoms with Crippen molar-refractivity contribution in [3.05, 3.63) is 113 Å². The van der Waals surface area contributed by atoms with Gasteiger partial charge in [0.25, 0.3) is 0 Å². The van der Waals surface area contributed by atoms with Crippen LogP contribution in [0, 0.1) is 11.2 Å². The summed E-state index contributed by atoms with van der Waals surface area (Å²) in [6.45, 7) is 0. The summed E-state index contributed by atoms with van der Waals surface area (Å²) in [5, 5.41) is 20.6. The highest BCUT2D eigenvalue weighted by Crippen LogP contribution is 2.47. The number of allylic oxidation sites excluding steroid dienone is 2. The number of ketones is 1. The number of pyridine rings is 1. The van der Waals surface area contributed by atoms with E-state index >= 15 is 0 Å². The Morgan fingerprint density at radius 3 is 2.48 bits per heavy atom. The molecule has 2 aromatic carbocycles. The maximum Gasteiger partial charge on any atom is 0.161 e. The van der Waals surface area contributed by atoms with Gasteiger partial charge in [0.1, 0.15) is 17.4 Å². The van der Waals surface area contributed by atoms with Gasteiger partial charge in [-0.05, 0) is 48.7 Å². The number of amidine groups is 1. The molecule has 2 N–H and O–H groups in total. The Hall–Kier alpha value is -4.06. The molecular formula is C27H22FN3O2. The van der Waals surface area contributed by atoms with Crippen LogP contribution in [0.3, 0.4) is 0 Å². The number of nitrogens with zero attached hydrogens (tertiary/aromatic N) is 2. The van der Waals surface area contributed by atoms with Crippen LogP contribution in [0.25, 0.3) is 5.76 Å². The molecule has 0 radical (unpaired) electrons. The summed E-state index contributed by atoms with van der Waals surface area (Å²) in [5.74, 6) is -1.02. The molecule has 5 nitrogen and oxygen atoms in total. The van der Waals surface area contributed by atoms with Crippen LogP contribution in [0.4, 0.5) is 10.1 Å². The van der Waals surface area contributed by atoms with Crippen molar-refractivity contribution in [3.63, 3.8) is 0 Å². The summed E-state index contributed by atoms with van der Waals surface area (Å²) < 4.78 is 13.7. The molecule has 164 valence electrons. The average Bonchev–Trinajstić information content (AvgIpc) is 2.85. The molecule has 0 saturated heterocycles. The van der Waals surface area contributed by atoms with E-state index in [4.69, 9.17) is 0 Å². The Bertz CT molecular complexity index is 1280. The summed E-state index contributed by atoms with van der Waals surface area (Å²) in [6, 6.07) is 18.5. The lowest BCUT2D eigenvalue weighted by Crippen LogP contribution is -2.42. The molecule has 2 heterocycles. The molecule has 6 heteroatoms. The number of aliphatic hydroxyl groups is 1. The molecular weight excluding hydrogens is 417 g/mol. The topological polar surface area (TPSA) is 77.3 Å². The van der Waals surface area contributed by atoms with Crippen molar-refractivity contribution in [2.24, 2.45) is 0 Å². The van der Waals surface area contributed by atoms with E-state index < -0.39 is 5.92 Å². The Morgan fingerprint density at radius 1 is 1.03 bits per heavy atom. The number of hydrogen-bond donors (Lipinski definition) is 2. The first-order chi connectivity index (χ1) is 16.1. The average molecular weight is 439 g/mol. The maximum atomic E-state index is 13.7. The number of anilines is 1. The van der Waals surface area contributed by atoms with Crippen LogP contribution in [0.1, 0.15) is 36.3 Å². The molecule has 0 fully saturated rings. The predicted octanol–water partition coefficient (Wildman–Crippen LogP) is 5.78. The SMILES string of the molecule is N=C1/C(=C(/O)c2ccccc2)[C@H](c2cccnc2)C2=C(CCCC2=O)N1c1ccc(F)cc1. The summed E-state index contributed by atoms with van der Waals surface area (Å²) in [5.41, 5.74) is 3.48. The molecule has 2 aliphatic rings. The molecule has 0 spiro atoms. The van der Waals surface area contributed by atoms with Crippen LogP contribution in [-0.4, -0.2) is 21.7 Å². The van der Waals surface area contributed by atoms with Crippen LogP contribution in [-0.2, 0) is 4.79 Å². The smallest absolute Gasteiger partial charge is 0.161 e. The predicted molar refractivity (Wildman–Crippen MR) is 125 cm³/mol. The molecule has 1 aliphatic heterocycles. The van der Waals surface area contributed by atoms with Gasteiger partial charge in [0.15, 0.2) is 5.78 Å². The van der Waals surface area contributed by atoms with Gasteiger partial charge in [-0.3, -0.25) is 20.1 Å². The highest BCUT2D eigenvalue weighted by Gasteiger charge is 2.43. The Kier molecular flexibility index (Phi) is 5.34. The fourth-order valence-electron chi connectivity index (χ4n) is 4.70. The van der Waals surface area contributed by atoms with Gasteiger partial charge in [-0.1, -0.05) is 36.4 Å².